The summed E-state index contributed by atoms with van der Waals surface area (Å²) in [5, 5.41) is 16.2. The number of fused-ring (bicyclic) bond motifs is 1. The summed E-state index contributed by atoms with van der Waals surface area (Å²) in [5.41, 5.74) is 1.16. The summed E-state index contributed by atoms with van der Waals surface area (Å²) in [6.45, 7) is 0.565. The van der Waals surface area contributed by atoms with E-state index in [4.69, 9.17) is 0 Å². The van der Waals surface area contributed by atoms with Crippen LogP contribution >= 0.6 is 0 Å². The Hall–Kier alpha value is -2.95. The van der Waals surface area contributed by atoms with Crippen molar-refractivity contribution in [1.29, 1.82) is 0 Å². The number of pyridine rings is 1. The van der Waals surface area contributed by atoms with E-state index in [-0.39, 0.29) is 5.69 Å². The van der Waals surface area contributed by atoms with Gasteiger partial charge in [0.25, 0.3) is 5.69 Å². The van der Waals surface area contributed by atoms with Gasteiger partial charge in [-0.05, 0) is 16.3 Å². The second kappa shape index (κ2) is 5.58. The molecular weight excluding hydrogens is 266 g/mol. The van der Waals surface area contributed by atoms with Crippen molar-refractivity contribution in [2.24, 2.45) is 0 Å². The standard InChI is InChI=1S/C16H13N3O2/c20-19(21)14-8-9-17-16(10-14)18-11-13-6-3-5-12-4-1-2-7-15(12)13/h1-10H,11H2,(H,17,18). The zero-order chi connectivity index (χ0) is 14.7. The minimum atomic E-state index is -0.426. The van der Waals surface area contributed by atoms with E-state index >= 15 is 0 Å². The van der Waals surface area contributed by atoms with E-state index in [0.717, 1.165) is 10.9 Å². The van der Waals surface area contributed by atoms with Crippen LogP contribution in [0.2, 0.25) is 0 Å². The molecule has 0 radical (unpaired) electrons. The lowest BCUT2D eigenvalue weighted by Gasteiger charge is -2.08. The number of hydrogen-bond donors (Lipinski definition) is 1. The van der Waals surface area contributed by atoms with Gasteiger partial charge in [0.2, 0.25) is 0 Å². The number of hydrogen-bond acceptors (Lipinski definition) is 4. The molecule has 0 unspecified atom stereocenters. The van der Waals surface area contributed by atoms with Crippen LogP contribution in [0.4, 0.5) is 11.5 Å². The molecular formula is C16H13N3O2. The van der Waals surface area contributed by atoms with Crippen molar-refractivity contribution in [3.05, 3.63) is 76.5 Å². The maximum atomic E-state index is 10.8. The van der Waals surface area contributed by atoms with Crippen LogP contribution < -0.4 is 5.32 Å². The molecule has 1 N–H and O–H groups in total. The van der Waals surface area contributed by atoms with Gasteiger partial charge in [0.1, 0.15) is 5.82 Å². The monoisotopic (exact) mass is 279 g/mol. The lowest BCUT2D eigenvalue weighted by Crippen LogP contribution is -2.02. The van der Waals surface area contributed by atoms with Gasteiger partial charge >= 0.3 is 0 Å². The third-order valence-corrected chi connectivity index (χ3v) is 3.29. The van der Waals surface area contributed by atoms with Gasteiger partial charge < -0.3 is 5.32 Å². The van der Waals surface area contributed by atoms with E-state index in [9.17, 15) is 10.1 Å². The zero-order valence-electron chi connectivity index (χ0n) is 11.2. The SMILES string of the molecule is O=[N+]([O-])c1ccnc(NCc2cccc3ccccc23)c1. The van der Waals surface area contributed by atoms with E-state index in [1.54, 1.807) is 0 Å². The maximum Gasteiger partial charge on any atom is 0.274 e. The number of rotatable bonds is 4. The predicted molar refractivity (Wildman–Crippen MR) is 82.2 cm³/mol. The van der Waals surface area contributed by atoms with E-state index in [1.807, 2.05) is 24.3 Å². The Balaban J connectivity index is 1.84. The van der Waals surface area contributed by atoms with Gasteiger partial charge in [-0.1, -0.05) is 42.5 Å². The van der Waals surface area contributed by atoms with Crippen LogP contribution in [0.15, 0.2) is 60.8 Å². The van der Waals surface area contributed by atoms with Crippen LogP contribution in [-0.2, 0) is 6.54 Å². The molecule has 0 saturated heterocycles. The molecule has 3 aromatic rings. The molecule has 0 amide bonds. The molecule has 2 aromatic carbocycles. The Morgan fingerprint density at radius 3 is 2.76 bits per heavy atom. The fraction of sp³-hybridized carbons (Fsp3) is 0.0625. The molecule has 1 heterocycles. The highest BCUT2D eigenvalue weighted by atomic mass is 16.6. The molecule has 0 fully saturated rings. The van der Waals surface area contributed by atoms with Crippen molar-refractivity contribution >= 4 is 22.3 Å². The van der Waals surface area contributed by atoms with Gasteiger partial charge in [0.15, 0.2) is 0 Å². The van der Waals surface area contributed by atoms with E-state index in [0.29, 0.717) is 12.4 Å². The first kappa shape index (κ1) is 13.1. The Morgan fingerprint density at radius 2 is 1.90 bits per heavy atom. The first-order chi connectivity index (χ1) is 10.2. The van der Waals surface area contributed by atoms with Crippen molar-refractivity contribution < 1.29 is 4.92 Å². The summed E-state index contributed by atoms with van der Waals surface area (Å²) in [6, 6.07) is 17.0. The van der Waals surface area contributed by atoms with Crippen LogP contribution in [0.25, 0.3) is 10.8 Å². The largest absolute Gasteiger partial charge is 0.366 e. The van der Waals surface area contributed by atoms with Crippen molar-refractivity contribution in [3.63, 3.8) is 0 Å². The molecule has 21 heavy (non-hydrogen) atoms. The molecule has 0 bridgehead atoms. The third-order valence-electron chi connectivity index (χ3n) is 3.29. The van der Waals surface area contributed by atoms with Crippen LogP contribution in [-0.4, -0.2) is 9.91 Å². The summed E-state index contributed by atoms with van der Waals surface area (Å²) in [4.78, 5) is 14.4. The number of aromatic nitrogens is 1. The average Bonchev–Trinajstić information content (AvgIpc) is 2.53. The predicted octanol–water partition coefficient (Wildman–Crippen LogP) is 3.76. The van der Waals surface area contributed by atoms with Gasteiger partial charge in [-0.3, -0.25) is 10.1 Å². The fourth-order valence-corrected chi connectivity index (χ4v) is 2.26. The first-order valence-corrected chi connectivity index (χ1v) is 6.55. The third kappa shape index (κ3) is 2.81. The van der Waals surface area contributed by atoms with Crippen molar-refractivity contribution in [3.8, 4) is 0 Å². The van der Waals surface area contributed by atoms with Crippen LogP contribution in [0.1, 0.15) is 5.56 Å². The lowest BCUT2D eigenvalue weighted by molar-refractivity contribution is -0.384. The Labute approximate surface area is 121 Å². The van der Waals surface area contributed by atoms with Crippen molar-refractivity contribution in [2.75, 3.05) is 5.32 Å². The van der Waals surface area contributed by atoms with Crippen LogP contribution in [0.5, 0.6) is 0 Å². The number of benzene rings is 2. The number of anilines is 1. The minimum absolute atomic E-state index is 0.0328. The quantitative estimate of drug-likeness (QED) is 0.583. The molecule has 0 atom stereocenters. The maximum absolute atomic E-state index is 10.8. The highest BCUT2D eigenvalue weighted by Gasteiger charge is 2.07. The smallest absolute Gasteiger partial charge is 0.274 e. The van der Waals surface area contributed by atoms with Crippen LogP contribution in [0.3, 0.4) is 0 Å². The number of nitrogens with one attached hydrogen (secondary N) is 1. The first-order valence-electron chi connectivity index (χ1n) is 6.55. The molecule has 3 rings (SSSR count). The van der Waals surface area contributed by atoms with Crippen molar-refractivity contribution in [1.82, 2.24) is 4.98 Å². The summed E-state index contributed by atoms with van der Waals surface area (Å²) >= 11 is 0. The molecule has 1 aromatic heterocycles. The molecule has 0 aliphatic carbocycles. The minimum Gasteiger partial charge on any atom is -0.366 e. The number of nitro groups is 1. The van der Waals surface area contributed by atoms with E-state index < -0.39 is 4.92 Å². The van der Waals surface area contributed by atoms with Gasteiger partial charge in [-0.25, -0.2) is 4.98 Å². The zero-order valence-corrected chi connectivity index (χ0v) is 11.2. The second-order valence-electron chi connectivity index (χ2n) is 4.65. The van der Waals surface area contributed by atoms with E-state index in [2.05, 4.69) is 28.5 Å². The molecule has 104 valence electrons. The molecule has 0 spiro atoms. The summed E-state index contributed by atoms with van der Waals surface area (Å²) in [5.74, 6) is 0.497. The Bertz CT molecular complexity index is 797. The Kier molecular flexibility index (Phi) is 3.47. The molecule has 5 nitrogen and oxygen atoms in total. The number of nitrogens with zero attached hydrogens (tertiary/aromatic N) is 2. The highest BCUT2D eigenvalue weighted by Crippen LogP contribution is 2.20. The van der Waals surface area contributed by atoms with Crippen LogP contribution in [0, 0.1) is 10.1 Å². The van der Waals surface area contributed by atoms with Gasteiger partial charge in [0, 0.05) is 18.8 Å². The van der Waals surface area contributed by atoms with E-state index in [1.165, 1.54) is 23.7 Å². The highest BCUT2D eigenvalue weighted by molar-refractivity contribution is 5.85. The lowest BCUT2D eigenvalue weighted by atomic mass is 10.0. The topological polar surface area (TPSA) is 68.1 Å². The van der Waals surface area contributed by atoms with Crippen molar-refractivity contribution in [2.45, 2.75) is 6.54 Å². The van der Waals surface area contributed by atoms with Gasteiger partial charge in [-0.15, -0.1) is 0 Å². The molecule has 5 heteroatoms. The van der Waals surface area contributed by atoms with Gasteiger partial charge in [-0.2, -0.15) is 0 Å². The summed E-state index contributed by atoms with van der Waals surface area (Å²) in [6.07, 6.45) is 1.43. The molecule has 0 saturated carbocycles. The fourth-order valence-electron chi connectivity index (χ4n) is 2.26. The second-order valence-corrected chi connectivity index (χ2v) is 4.65. The van der Waals surface area contributed by atoms with Gasteiger partial charge in [0.05, 0.1) is 11.0 Å². The molecule has 0 aliphatic heterocycles. The summed E-state index contributed by atoms with van der Waals surface area (Å²) in [7, 11) is 0. The molecule has 0 aliphatic rings. The Morgan fingerprint density at radius 1 is 1.10 bits per heavy atom. The summed E-state index contributed by atoms with van der Waals surface area (Å²) < 4.78 is 0. The average molecular weight is 279 g/mol. The normalized spacial score (nSPS) is 10.5.